The summed E-state index contributed by atoms with van der Waals surface area (Å²) in [7, 11) is 0. The van der Waals surface area contributed by atoms with Crippen molar-refractivity contribution < 1.29 is 49.6 Å². The number of aliphatic hydroxyl groups excluding tert-OH is 3. The Morgan fingerprint density at radius 1 is 0.848 bits per heavy atom. The fraction of sp³-hybridized carbons (Fsp3) is 0.435. The van der Waals surface area contributed by atoms with Crippen LogP contribution in [-0.4, -0.2) is 79.8 Å². The Hall–Kier alpha value is -2.73. The van der Waals surface area contributed by atoms with Gasteiger partial charge in [0.15, 0.2) is 23.6 Å². The van der Waals surface area contributed by atoms with Gasteiger partial charge in [0.1, 0.15) is 36.3 Å². The molecule has 0 bridgehead atoms. The van der Waals surface area contributed by atoms with Crippen LogP contribution in [0.1, 0.15) is 34.9 Å². The number of Topliss-reactive ketones (excluding diaryl/α,β-unsaturated/α-hetero) is 1. The molecular formula is C23H26O10. The van der Waals surface area contributed by atoms with Gasteiger partial charge in [-0.2, -0.15) is 0 Å². The van der Waals surface area contributed by atoms with Gasteiger partial charge >= 0.3 is 0 Å². The summed E-state index contributed by atoms with van der Waals surface area (Å²) >= 11 is 0. The highest BCUT2D eigenvalue weighted by molar-refractivity contribution is 5.96. The van der Waals surface area contributed by atoms with Gasteiger partial charge in [0.2, 0.25) is 0 Å². The first-order valence-corrected chi connectivity index (χ1v) is 10.6. The van der Waals surface area contributed by atoms with Crippen LogP contribution < -0.4 is 0 Å². The molecule has 10 nitrogen and oxygen atoms in total. The number of fused-ring (bicyclic) bond motifs is 1. The number of carbonyl (C=O) groups is 1. The molecule has 2 aliphatic rings. The fourth-order valence-corrected chi connectivity index (χ4v) is 4.11. The molecule has 0 aliphatic carbocycles. The molecule has 0 spiro atoms. The van der Waals surface area contributed by atoms with Gasteiger partial charge in [-0.25, -0.2) is 0 Å². The maximum absolute atomic E-state index is 12.6. The molecule has 0 radical (unpaired) electrons. The molecule has 2 fully saturated rings. The predicted molar refractivity (Wildman–Crippen MR) is 112 cm³/mol. The van der Waals surface area contributed by atoms with E-state index in [-0.39, 0.29) is 35.9 Å². The van der Waals surface area contributed by atoms with Gasteiger partial charge in [-0.15, -0.1) is 0 Å². The maximum Gasteiger partial charge on any atom is 0.187 e. The molecule has 178 valence electrons. The molecule has 33 heavy (non-hydrogen) atoms. The number of hydrogen-bond acceptors (Lipinski definition) is 10. The fourth-order valence-electron chi connectivity index (χ4n) is 4.11. The standard InChI is InChI=1S/C23H26O10/c24-10-18-19(29)20(30)22-23(32-18)31-17(8-7-14(26)11-1-4-13(25)5-2-11)21(33-22)12-3-6-15(27)16(28)9-12/h1-6,9,17-25,27-30H,7-8,10H2. The lowest BCUT2D eigenvalue weighted by Crippen LogP contribution is -2.63. The molecule has 7 atom stereocenters. The van der Waals surface area contributed by atoms with Gasteiger partial charge < -0.3 is 44.8 Å². The first-order valence-electron chi connectivity index (χ1n) is 10.6. The van der Waals surface area contributed by atoms with Crippen LogP contribution in [-0.2, 0) is 14.2 Å². The second-order valence-electron chi connectivity index (χ2n) is 8.16. The van der Waals surface area contributed by atoms with E-state index in [1.165, 1.54) is 42.5 Å². The highest BCUT2D eigenvalue weighted by Gasteiger charge is 2.51. The van der Waals surface area contributed by atoms with Crippen molar-refractivity contribution in [1.82, 2.24) is 0 Å². The summed E-state index contributed by atoms with van der Waals surface area (Å²) in [5.41, 5.74) is 0.839. The molecule has 0 amide bonds. The van der Waals surface area contributed by atoms with Gasteiger partial charge in [-0.3, -0.25) is 4.79 Å². The first kappa shape index (κ1) is 23.4. The highest BCUT2D eigenvalue weighted by atomic mass is 16.7. The Morgan fingerprint density at radius 3 is 2.21 bits per heavy atom. The van der Waals surface area contributed by atoms with E-state index < -0.39 is 49.5 Å². The second kappa shape index (κ2) is 9.64. The van der Waals surface area contributed by atoms with Crippen LogP contribution in [0.15, 0.2) is 42.5 Å². The predicted octanol–water partition coefficient (Wildman–Crippen LogP) is 0.731. The minimum Gasteiger partial charge on any atom is -0.508 e. The number of ether oxygens (including phenoxy) is 3. The van der Waals surface area contributed by atoms with Crippen LogP contribution >= 0.6 is 0 Å². The average molecular weight is 462 g/mol. The van der Waals surface area contributed by atoms with Crippen molar-refractivity contribution in [2.45, 2.75) is 55.8 Å². The van der Waals surface area contributed by atoms with Crippen LogP contribution in [0.3, 0.4) is 0 Å². The van der Waals surface area contributed by atoms with Crippen molar-refractivity contribution in [2.75, 3.05) is 6.61 Å². The molecule has 0 saturated carbocycles. The topological polar surface area (TPSA) is 166 Å². The zero-order valence-corrected chi connectivity index (χ0v) is 17.5. The summed E-state index contributed by atoms with van der Waals surface area (Å²) in [5, 5.41) is 59.1. The Kier molecular flexibility index (Phi) is 6.84. The number of rotatable bonds is 6. The quantitative estimate of drug-likeness (QED) is 0.266. The van der Waals surface area contributed by atoms with Gasteiger partial charge in [0.25, 0.3) is 0 Å². The minimum absolute atomic E-state index is 0.0439. The summed E-state index contributed by atoms with van der Waals surface area (Å²) in [5.74, 6) is -0.851. The third-order valence-electron chi connectivity index (χ3n) is 5.95. The van der Waals surface area contributed by atoms with E-state index >= 15 is 0 Å². The molecule has 2 saturated heterocycles. The summed E-state index contributed by atoms with van der Waals surface area (Å²) in [6.07, 6.45) is -7.44. The van der Waals surface area contributed by atoms with Crippen molar-refractivity contribution in [3.05, 3.63) is 53.6 Å². The van der Waals surface area contributed by atoms with Crippen LogP contribution in [0.25, 0.3) is 0 Å². The molecule has 2 heterocycles. The number of aromatic hydroxyl groups is 3. The Morgan fingerprint density at radius 2 is 1.55 bits per heavy atom. The lowest BCUT2D eigenvalue weighted by atomic mass is 9.93. The van der Waals surface area contributed by atoms with Gasteiger partial charge in [0, 0.05) is 12.0 Å². The molecule has 7 unspecified atom stereocenters. The number of ketones is 1. The number of aliphatic hydroxyl groups is 3. The van der Waals surface area contributed by atoms with E-state index in [4.69, 9.17) is 14.2 Å². The summed E-state index contributed by atoms with van der Waals surface area (Å²) in [4.78, 5) is 12.6. The van der Waals surface area contributed by atoms with Crippen LogP contribution in [0.2, 0.25) is 0 Å². The van der Waals surface area contributed by atoms with Crippen molar-refractivity contribution >= 4 is 5.78 Å². The molecule has 10 heteroatoms. The number of carbonyl (C=O) groups excluding carboxylic acids is 1. The van der Waals surface area contributed by atoms with E-state index in [2.05, 4.69) is 0 Å². The molecule has 0 aromatic heterocycles. The normalized spacial score (nSPS) is 31.7. The number of phenolic OH excluding ortho intramolecular Hbond substituents is 3. The monoisotopic (exact) mass is 462 g/mol. The van der Waals surface area contributed by atoms with Crippen molar-refractivity contribution in [2.24, 2.45) is 0 Å². The third-order valence-corrected chi connectivity index (χ3v) is 5.95. The Labute approximate surface area is 189 Å². The zero-order valence-electron chi connectivity index (χ0n) is 17.5. The smallest absolute Gasteiger partial charge is 0.187 e. The third kappa shape index (κ3) is 4.81. The minimum atomic E-state index is -1.41. The lowest BCUT2D eigenvalue weighted by molar-refractivity contribution is -0.369. The molecule has 6 N–H and O–H groups in total. The van der Waals surface area contributed by atoms with Crippen molar-refractivity contribution in [3.8, 4) is 17.2 Å². The molecule has 2 aromatic rings. The number of phenols is 3. The van der Waals surface area contributed by atoms with Gasteiger partial charge in [-0.1, -0.05) is 6.07 Å². The maximum atomic E-state index is 12.6. The average Bonchev–Trinajstić information content (AvgIpc) is 2.81. The molecule has 2 aromatic carbocycles. The van der Waals surface area contributed by atoms with E-state index in [0.29, 0.717) is 11.1 Å². The first-order chi connectivity index (χ1) is 15.8. The van der Waals surface area contributed by atoms with Crippen LogP contribution in [0, 0.1) is 0 Å². The Balaban J connectivity index is 1.56. The number of benzene rings is 2. The van der Waals surface area contributed by atoms with E-state index in [0.717, 1.165) is 0 Å². The molecule has 4 rings (SSSR count). The van der Waals surface area contributed by atoms with Crippen molar-refractivity contribution in [1.29, 1.82) is 0 Å². The van der Waals surface area contributed by atoms with E-state index in [9.17, 15) is 35.4 Å². The SMILES string of the molecule is O=C(CCC1OC2OC(CO)C(O)C(O)C2OC1c1ccc(O)c(O)c1)c1ccc(O)cc1. The highest BCUT2D eigenvalue weighted by Crippen LogP contribution is 2.41. The van der Waals surface area contributed by atoms with E-state index in [1.54, 1.807) is 0 Å². The molecular weight excluding hydrogens is 436 g/mol. The van der Waals surface area contributed by atoms with Crippen LogP contribution in [0.5, 0.6) is 17.2 Å². The van der Waals surface area contributed by atoms with Crippen LogP contribution in [0.4, 0.5) is 0 Å². The zero-order chi connectivity index (χ0) is 23.7. The second-order valence-corrected chi connectivity index (χ2v) is 8.16. The Bertz CT molecular complexity index is 978. The van der Waals surface area contributed by atoms with Gasteiger partial charge in [-0.05, 0) is 48.4 Å². The summed E-state index contributed by atoms with van der Waals surface area (Å²) < 4.78 is 17.6. The molecule has 2 aliphatic heterocycles. The summed E-state index contributed by atoms with van der Waals surface area (Å²) in [6, 6.07) is 9.94. The van der Waals surface area contributed by atoms with Gasteiger partial charge in [0.05, 0.1) is 12.7 Å². The lowest BCUT2D eigenvalue weighted by Gasteiger charge is -2.48. The number of hydrogen-bond donors (Lipinski definition) is 6. The largest absolute Gasteiger partial charge is 0.508 e. The van der Waals surface area contributed by atoms with Crippen molar-refractivity contribution in [3.63, 3.8) is 0 Å². The summed E-state index contributed by atoms with van der Waals surface area (Å²) in [6.45, 7) is -0.538. The van der Waals surface area contributed by atoms with E-state index in [1.807, 2.05) is 0 Å².